The summed E-state index contributed by atoms with van der Waals surface area (Å²) in [6, 6.07) is 2.02. The van der Waals surface area contributed by atoms with Crippen molar-refractivity contribution in [3.05, 3.63) is 18.2 Å². The van der Waals surface area contributed by atoms with Crippen LogP contribution in [0, 0.1) is 0 Å². The van der Waals surface area contributed by atoms with Crippen molar-refractivity contribution in [2.24, 2.45) is 0 Å². The molecule has 0 radical (unpaired) electrons. The van der Waals surface area contributed by atoms with Gasteiger partial charge in [-0.1, -0.05) is 0 Å². The maximum Gasteiger partial charge on any atom is 0.416 e. The van der Waals surface area contributed by atoms with Gasteiger partial charge in [-0.05, 0) is 12.1 Å². The van der Waals surface area contributed by atoms with Crippen LogP contribution >= 0.6 is 0 Å². The molecule has 1 aliphatic heterocycles. The Kier molecular flexibility index (Phi) is 5.60. The molecule has 1 atom stereocenters. The van der Waals surface area contributed by atoms with E-state index in [-0.39, 0.29) is 24.6 Å². The number of hydrogen-bond donors (Lipinski definition) is 1. The van der Waals surface area contributed by atoms with Crippen LogP contribution in [0.15, 0.2) is 18.2 Å². The van der Waals surface area contributed by atoms with Gasteiger partial charge in [0.05, 0.1) is 32.9 Å². The molecule has 0 spiro atoms. The lowest BCUT2D eigenvalue weighted by molar-refractivity contribution is -0.153. The van der Waals surface area contributed by atoms with E-state index in [1.807, 2.05) is 0 Å². The number of hydrogen-bond acceptors (Lipinski definition) is 6. The van der Waals surface area contributed by atoms with E-state index < -0.39 is 30.6 Å². The monoisotopic (exact) mass is 362 g/mol. The number of benzene rings is 1. The number of nitrogens with one attached hydrogen (secondary N) is 1. The summed E-state index contributed by atoms with van der Waals surface area (Å²) in [6.45, 7) is -0.0882. The fraction of sp³-hybridized carbons (Fsp3) is 0.467. The van der Waals surface area contributed by atoms with Gasteiger partial charge < -0.3 is 19.5 Å². The minimum absolute atomic E-state index is 0.0268. The van der Waals surface area contributed by atoms with E-state index in [0.29, 0.717) is 10.6 Å². The van der Waals surface area contributed by atoms with Gasteiger partial charge in [-0.25, -0.2) is 9.69 Å². The third-order valence-electron chi connectivity index (χ3n) is 3.57. The Labute approximate surface area is 141 Å². The summed E-state index contributed by atoms with van der Waals surface area (Å²) in [4.78, 5) is 24.0. The molecule has 1 fully saturated rings. The number of halogens is 3. The summed E-state index contributed by atoms with van der Waals surface area (Å²) < 4.78 is 54.5. The summed E-state index contributed by atoms with van der Waals surface area (Å²) in [6.07, 6.45) is -6.61. The van der Waals surface area contributed by atoms with Crippen LogP contribution in [0.25, 0.3) is 0 Å². The smallest absolute Gasteiger partial charge is 0.416 e. The van der Waals surface area contributed by atoms with Crippen LogP contribution in [0.2, 0.25) is 0 Å². The van der Waals surface area contributed by atoms with Crippen molar-refractivity contribution >= 4 is 17.7 Å². The fourth-order valence-corrected chi connectivity index (χ4v) is 2.26. The second-order valence-electron chi connectivity index (χ2n) is 5.17. The molecular formula is C15H17F3N2O5. The van der Waals surface area contributed by atoms with E-state index in [4.69, 9.17) is 9.47 Å². The molecule has 2 amide bonds. The number of nitrogens with zero attached hydrogens (tertiary/aromatic N) is 1. The Balaban J connectivity index is 2.18. The lowest BCUT2D eigenvalue weighted by atomic mass is 10.1. The number of ether oxygens (including phenoxy) is 3. The first-order valence-electron chi connectivity index (χ1n) is 7.28. The van der Waals surface area contributed by atoms with Crippen LogP contribution in [-0.4, -0.2) is 56.5 Å². The average molecular weight is 362 g/mol. The molecule has 10 heteroatoms. The van der Waals surface area contributed by atoms with Crippen molar-refractivity contribution in [1.29, 1.82) is 0 Å². The molecule has 0 unspecified atom stereocenters. The number of anilines is 1. The summed E-state index contributed by atoms with van der Waals surface area (Å²) in [5.74, 6) is -0.437. The summed E-state index contributed by atoms with van der Waals surface area (Å²) >= 11 is 0. The van der Waals surface area contributed by atoms with Crippen molar-refractivity contribution in [1.82, 2.24) is 4.90 Å². The Morgan fingerprint density at radius 1 is 1.36 bits per heavy atom. The van der Waals surface area contributed by atoms with E-state index in [9.17, 15) is 22.8 Å². The second kappa shape index (κ2) is 7.49. The molecule has 0 aromatic heterocycles. The van der Waals surface area contributed by atoms with Crippen molar-refractivity contribution < 1.29 is 37.0 Å². The second-order valence-corrected chi connectivity index (χ2v) is 5.17. The third-order valence-corrected chi connectivity index (χ3v) is 3.57. The number of imide groups is 1. The van der Waals surface area contributed by atoms with Gasteiger partial charge in [0, 0.05) is 6.07 Å². The lowest BCUT2D eigenvalue weighted by Crippen LogP contribution is -2.42. The highest BCUT2D eigenvalue weighted by molar-refractivity contribution is 5.93. The summed E-state index contributed by atoms with van der Waals surface area (Å²) in [5.41, 5.74) is 0.0439. The predicted octanol–water partition coefficient (Wildman–Crippen LogP) is 2.42. The number of cyclic esters (lactones) is 1. The summed E-state index contributed by atoms with van der Waals surface area (Å²) in [5, 5.41) is 2.25. The molecule has 138 valence electrons. The number of carbonyl (C=O) groups excluding carboxylic acids is 2. The Morgan fingerprint density at radius 2 is 2.08 bits per heavy atom. The van der Waals surface area contributed by atoms with Crippen molar-refractivity contribution in [3.63, 3.8) is 0 Å². The van der Waals surface area contributed by atoms with E-state index in [1.165, 1.54) is 32.4 Å². The van der Waals surface area contributed by atoms with Gasteiger partial charge >= 0.3 is 12.3 Å². The highest BCUT2D eigenvalue weighted by atomic mass is 19.4. The number of methoxy groups -OCH3 is 2. The molecule has 7 nitrogen and oxygen atoms in total. The van der Waals surface area contributed by atoms with E-state index >= 15 is 0 Å². The average Bonchev–Trinajstić information content (AvgIpc) is 2.99. The highest BCUT2D eigenvalue weighted by Gasteiger charge is 2.43. The standard InChI is InChI=1S/C15H17F3N2O5/c1-23-9-3-4-10(11(7-9)24-2)19-12(15(16,17)18)8-13(21)20-5-6-25-14(20)22/h3-4,7,12,19H,5-6,8H2,1-2H3/t12-/m0/s1. The normalized spacial score (nSPS) is 15.6. The van der Waals surface area contributed by atoms with E-state index in [1.54, 1.807) is 0 Å². The molecule has 2 rings (SSSR count). The maximum atomic E-state index is 13.3. The molecule has 1 aromatic rings. The quantitative estimate of drug-likeness (QED) is 0.838. The van der Waals surface area contributed by atoms with Crippen LogP contribution < -0.4 is 14.8 Å². The number of carbonyl (C=O) groups is 2. The zero-order valence-electron chi connectivity index (χ0n) is 13.6. The zero-order valence-corrected chi connectivity index (χ0v) is 13.6. The molecule has 1 saturated heterocycles. The fourth-order valence-electron chi connectivity index (χ4n) is 2.26. The van der Waals surface area contributed by atoms with E-state index in [0.717, 1.165) is 0 Å². The Bertz CT molecular complexity index is 651. The molecule has 1 aromatic carbocycles. The van der Waals surface area contributed by atoms with Crippen LogP contribution in [0.3, 0.4) is 0 Å². The minimum Gasteiger partial charge on any atom is -0.497 e. The number of rotatable bonds is 6. The Morgan fingerprint density at radius 3 is 2.60 bits per heavy atom. The predicted molar refractivity (Wildman–Crippen MR) is 80.7 cm³/mol. The van der Waals surface area contributed by atoms with Gasteiger partial charge in [0.2, 0.25) is 5.91 Å². The van der Waals surface area contributed by atoms with Crippen LogP contribution in [0.1, 0.15) is 6.42 Å². The van der Waals surface area contributed by atoms with Crippen LogP contribution in [0.4, 0.5) is 23.7 Å². The van der Waals surface area contributed by atoms with Crippen molar-refractivity contribution in [2.45, 2.75) is 18.6 Å². The van der Waals surface area contributed by atoms with E-state index in [2.05, 4.69) is 10.1 Å². The first-order chi connectivity index (χ1) is 11.8. The molecule has 1 N–H and O–H groups in total. The number of alkyl halides is 3. The van der Waals surface area contributed by atoms with Crippen LogP contribution in [-0.2, 0) is 9.53 Å². The van der Waals surface area contributed by atoms with Gasteiger partial charge in [-0.2, -0.15) is 13.2 Å². The topological polar surface area (TPSA) is 77.1 Å². The lowest BCUT2D eigenvalue weighted by Gasteiger charge is -2.24. The van der Waals surface area contributed by atoms with Gasteiger partial charge in [0.25, 0.3) is 0 Å². The van der Waals surface area contributed by atoms with Gasteiger partial charge in [0.1, 0.15) is 24.1 Å². The molecule has 0 saturated carbocycles. The number of amides is 2. The largest absolute Gasteiger partial charge is 0.497 e. The molecule has 25 heavy (non-hydrogen) atoms. The molecule has 1 aliphatic rings. The third kappa shape index (κ3) is 4.46. The Hall–Kier alpha value is -2.65. The zero-order chi connectivity index (χ0) is 18.6. The molecule has 0 bridgehead atoms. The van der Waals surface area contributed by atoms with Crippen molar-refractivity contribution in [3.8, 4) is 11.5 Å². The molecule has 1 heterocycles. The minimum atomic E-state index is -4.72. The van der Waals surface area contributed by atoms with Crippen molar-refractivity contribution in [2.75, 3.05) is 32.7 Å². The van der Waals surface area contributed by atoms with Gasteiger partial charge in [-0.15, -0.1) is 0 Å². The van der Waals surface area contributed by atoms with Gasteiger partial charge in [-0.3, -0.25) is 4.79 Å². The van der Waals surface area contributed by atoms with Crippen LogP contribution in [0.5, 0.6) is 11.5 Å². The first-order valence-corrected chi connectivity index (χ1v) is 7.28. The maximum absolute atomic E-state index is 13.3. The first kappa shape index (κ1) is 18.7. The molecular weight excluding hydrogens is 345 g/mol. The highest BCUT2D eigenvalue weighted by Crippen LogP contribution is 2.33. The summed E-state index contributed by atoms with van der Waals surface area (Å²) in [7, 11) is 2.71. The van der Waals surface area contributed by atoms with Gasteiger partial charge in [0.15, 0.2) is 0 Å². The SMILES string of the molecule is COc1ccc(N[C@@H](CC(=O)N2CCOC2=O)C(F)(F)F)c(OC)c1. The molecule has 0 aliphatic carbocycles.